The zero-order chi connectivity index (χ0) is 17.3. The topological polar surface area (TPSA) is 76.4 Å². The third-order valence-electron chi connectivity index (χ3n) is 2.99. The molecule has 0 spiro atoms. The number of anilines is 1. The van der Waals surface area contributed by atoms with Gasteiger partial charge in [0.25, 0.3) is 0 Å². The number of aliphatic hydroxyl groups is 1. The molecular weight excluding hydrogens is 311 g/mol. The minimum atomic E-state index is -4.35. The first-order chi connectivity index (χ1) is 10.8. The molecule has 126 valence electrons. The Hall–Kier alpha value is -2.11. The van der Waals surface area contributed by atoms with Crippen molar-refractivity contribution in [3.05, 3.63) is 29.8 Å². The SMILES string of the molecule is N#Cc1ccc(NC(=O)CCN(CCCO)CC(F)(F)F)cc1. The Kier molecular flexibility index (Phi) is 7.51. The predicted octanol–water partition coefficient (Wildman–Crippen LogP) is 2.13. The van der Waals surface area contributed by atoms with Gasteiger partial charge in [0.2, 0.25) is 5.91 Å². The molecule has 1 rings (SSSR count). The maximum absolute atomic E-state index is 12.4. The van der Waals surface area contributed by atoms with Crippen molar-refractivity contribution in [2.45, 2.75) is 19.0 Å². The van der Waals surface area contributed by atoms with Crippen LogP contribution in [0, 0.1) is 11.3 Å². The molecule has 0 bridgehead atoms. The summed E-state index contributed by atoms with van der Waals surface area (Å²) in [7, 11) is 0. The lowest BCUT2D eigenvalue weighted by molar-refractivity contribution is -0.147. The van der Waals surface area contributed by atoms with E-state index >= 15 is 0 Å². The number of hydrogen-bond donors (Lipinski definition) is 2. The summed E-state index contributed by atoms with van der Waals surface area (Å²) in [5.74, 6) is -0.411. The van der Waals surface area contributed by atoms with Crippen LogP contribution in [0.25, 0.3) is 0 Å². The van der Waals surface area contributed by atoms with E-state index in [1.54, 1.807) is 12.1 Å². The number of benzene rings is 1. The molecule has 0 fully saturated rings. The van der Waals surface area contributed by atoms with Crippen molar-refractivity contribution in [1.82, 2.24) is 4.90 Å². The summed E-state index contributed by atoms with van der Waals surface area (Å²) < 4.78 is 37.3. The van der Waals surface area contributed by atoms with E-state index in [0.29, 0.717) is 11.3 Å². The molecule has 0 aromatic heterocycles. The number of halogens is 3. The first-order valence-electron chi connectivity index (χ1n) is 7.04. The minimum Gasteiger partial charge on any atom is -0.396 e. The van der Waals surface area contributed by atoms with Crippen LogP contribution in [0.4, 0.5) is 18.9 Å². The molecular formula is C15H18F3N3O2. The number of carbonyl (C=O) groups excluding carboxylic acids is 1. The van der Waals surface area contributed by atoms with Crippen molar-refractivity contribution in [2.75, 3.05) is 31.6 Å². The third kappa shape index (κ3) is 8.18. The van der Waals surface area contributed by atoms with Crippen molar-refractivity contribution >= 4 is 11.6 Å². The molecule has 1 aromatic carbocycles. The van der Waals surface area contributed by atoms with Crippen LogP contribution in [0.1, 0.15) is 18.4 Å². The molecule has 0 atom stereocenters. The fraction of sp³-hybridized carbons (Fsp3) is 0.467. The fourth-order valence-electron chi connectivity index (χ4n) is 1.93. The van der Waals surface area contributed by atoms with E-state index in [-0.39, 0.29) is 32.5 Å². The number of nitrogens with one attached hydrogen (secondary N) is 1. The number of amides is 1. The summed E-state index contributed by atoms with van der Waals surface area (Å²) in [6.07, 6.45) is -4.23. The zero-order valence-electron chi connectivity index (χ0n) is 12.4. The molecule has 0 heterocycles. The standard InChI is InChI=1S/C15H18F3N3O2/c16-15(17,18)11-21(7-1-9-22)8-6-14(23)20-13-4-2-12(10-19)3-5-13/h2-5,22H,1,6-9,11H2,(H,20,23). The van der Waals surface area contributed by atoms with Crippen molar-refractivity contribution < 1.29 is 23.1 Å². The lowest BCUT2D eigenvalue weighted by Crippen LogP contribution is -2.37. The molecule has 0 aliphatic rings. The Morgan fingerprint density at radius 2 is 1.91 bits per heavy atom. The van der Waals surface area contributed by atoms with Crippen LogP contribution in [0.2, 0.25) is 0 Å². The van der Waals surface area contributed by atoms with Gasteiger partial charge in [-0.1, -0.05) is 0 Å². The quantitative estimate of drug-likeness (QED) is 0.766. The minimum absolute atomic E-state index is 0.0539. The summed E-state index contributed by atoms with van der Waals surface area (Å²) >= 11 is 0. The average molecular weight is 329 g/mol. The highest BCUT2D eigenvalue weighted by molar-refractivity contribution is 5.90. The van der Waals surface area contributed by atoms with E-state index in [9.17, 15) is 18.0 Å². The van der Waals surface area contributed by atoms with Gasteiger partial charge in [0.05, 0.1) is 18.2 Å². The molecule has 0 aliphatic carbocycles. The van der Waals surface area contributed by atoms with Crippen LogP contribution in [0.15, 0.2) is 24.3 Å². The molecule has 0 saturated heterocycles. The van der Waals surface area contributed by atoms with Crippen LogP contribution >= 0.6 is 0 Å². The van der Waals surface area contributed by atoms with E-state index in [1.165, 1.54) is 12.1 Å². The Balaban J connectivity index is 2.48. The van der Waals surface area contributed by atoms with E-state index in [1.807, 2.05) is 6.07 Å². The molecule has 0 aliphatic heterocycles. The van der Waals surface area contributed by atoms with Crippen LogP contribution in [-0.2, 0) is 4.79 Å². The van der Waals surface area contributed by atoms with E-state index in [4.69, 9.17) is 10.4 Å². The number of rotatable bonds is 8. The number of carbonyl (C=O) groups is 1. The van der Waals surface area contributed by atoms with Crippen molar-refractivity contribution in [3.63, 3.8) is 0 Å². The van der Waals surface area contributed by atoms with Crippen LogP contribution < -0.4 is 5.32 Å². The Morgan fingerprint density at radius 3 is 2.43 bits per heavy atom. The number of hydrogen-bond acceptors (Lipinski definition) is 4. The monoisotopic (exact) mass is 329 g/mol. The van der Waals surface area contributed by atoms with Gasteiger partial charge >= 0.3 is 6.18 Å². The van der Waals surface area contributed by atoms with Gasteiger partial charge in [-0.05, 0) is 30.7 Å². The van der Waals surface area contributed by atoms with Gasteiger partial charge in [-0.3, -0.25) is 9.69 Å². The second kappa shape index (κ2) is 9.12. The molecule has 2 N–H and O–H groups in total. The summed E-state index contributed by atoms with van der Waals surface area (Å²) in [6, 6.07) is 8.11. The molecule has 8 heteroatoms. The van der Waals surface area contributed by atoms with E-state index < -0.39 is 18.6 Å². The first kappa shape index (κ1) is 18.9. The predicted molar refractivity (Wildman–Crippen MR) is 78.6 cm³/mol. The number of alkyl halides is 3. The smallest absolute Gasteiger partial charge is 0.396 e. The van der Waals surface area contributed by atoms with Gasteiger partial charge < -0.3 is 10.4 Å². The lowest BCUT2D eigenvalue weighted by atomic mass is 10.2. The molecule has 0 saturated carbocycles. The van der Waals surface area contributed by atoms with Crippen molar-refractivity contribution in [1.29, 1.82) is 5.26 Å². The molecule has 0 unspecified atom stereocenters. The summed E-state index contributed by atoms with van der Waals surface area (Å²) in [4.78, 5) is 12.9. The van der Waals surface area contributed by atoms with E-state index in [2.05, 4.69) is 5.32 Å². The van der Waals surface area contributed by atoms with Crippen LogP contribution in [0.3, 0.4) is 0 Å². The second-order valence-corrected chi connectivity index (χ2v) is 4.96. The maximum atomic E-state index is 12.4. The molecule has 1 amide bonds. The Labute approximate surface area is 132 Å². The third-order valence-corrected chi connectivity index (χ3v) is 2.99. The summed E-state index contributed by atoms with van der Waals surface area (Å²) in [6.45, 7) is -1.30. The summed E-state index contributed by atoms with van der Waals surface area (Å²) in [5.41, 5.74) is 0.926. The van der Waals surface area contributed by atoms with E-state index in [0.717, 1.165) is 4.90 Å². The van der Waals surface area contributed by atoms with Gasteiger partial charge in [0.15, 0.2) is 0 Å². The number of aliphatic hydroxyl groups excluding tert-OH is 1. The first-order valence-corrected chi connectivity index (χ1v) is 7.04. The fourth-order valence-corrected chi connectivity index (χ4v) is 1.93. The highest BCUT2D eigenvalue weighted by Gasteiger charge is 2.30. The Morgan fingerprint density at radius 1 is 1.26 bits per heavy atom. The van der Waals surface area contributed by atoms with Crippen molar-refractivity contribution in [3.8, 4) is 6.07 Å². The van der Waals surface area contributed by atoms with Crippen LogP contribution in [0.5, 0.6) is 0 Å². The van der Waals surface area contributed by atoms with Gasteiger partial charge in [-0.15, -0.1) is 0 Å². The van der Waals surface area contributed by atoms with Gasteiger partial charge in [-0.25, -0.2) is 0 Å². The largest absolute Gasteiger partial charge is 0.401 e. The summed E-state index contributed by atoms with van der Waals surface area (Å²) in [5, 5.41) is 19.9. The highest BCUT2D eigenvalue weighted by atomic mass is 19.4. The van der Waals surface area contributed by atoms with Gasteiger partial charge in [0, 0.05) is 31.8 Å². The molecule has 1 aromatic rings. The highest BCUT2D eigenvalue weighted by Crippen LogP contribution is 2.17. The van der Waals surface area contributed by atoms with Crippen LogP contribution in [-0.4, -0.2) is 48.3 Å². The normalized spacial score (nSPS) is 11.3. The maximum Gasteiger partial charge on any atom is 0.401 e. The number of nitrogens with zero attached hydrogens (tertiary/aromatic N) is 2. The van der Waals surface area contributed by atoms with Gasteiger partial charge in [-0.2, -0.15) is 18.4 Å². The van der Waals surface area contributed by atoms with Gasteiger partial charge in [0.1, 0.15) is 0 Å². The molecule has 5 nitrogen and oxygen atoms in total. The van der Waals surface area contributed by atoms with Crippen molar-refractivity contribution in [2.24, 2.45) is 0 Å². The molecule has 0 radical (unpaired) electrons. The lowest BCUT2D eigenvalue weighted by Gasteiger charge is -2.23. The number of nitriles is 1. The second-order valence-electron chi connectivity index (χ2n) is 4.96. The zero-order valence-corrected chi connectivity index (χ0v) is 12.4. The Bertz CT molecular complexity index is 538. The average Bonchev–Trinajstić information content (AvgIpc) is 2.49. The molecule has 23 heavy (non-hydrogen) atoms.